The molecule has 2 N–H and O–H groups in total. The predicted octanol–water partition coefficient (Wildman–Crippen LogP) is 3.28. The van der Waals surface area contributed by atoms with Gasteiger partial charge in [0.15, 0.2) is 0 Å². The maximum atomic E-state index is 12.9. The minimum atomic E-state index is -0.806. The number of carbonyl (C=O) groups is 2. The van der Waals surface area contributed by atoms with Crippen LogP contribution < -0.4 is 5.32 Å². The molecular weight excluding hydrogens is 384 g/mol. The van der Waals surface area contributed by atoms with Crippen molar-refractivity contribution in [2.24, 2.45) is 5.92 Å². The Labute approximate surface area is 179 Å². The van der Waals surface area contributed by atoms with Gasteiger partial charge in [-0.1, -0.05) is 50.6 Å². The summed E-state index contributed by atoms with van der Waals surface area (Å²) in [6, 6.07) is 8.57. The van der Waals surface area contributed by atoms with Crippen LogP contribution in [-0.4, -0.2) is 60.5 Å². The molecule has 7 nitrogen and oxygen atoms in total. The van der Waals surface area contributed by atoms with Gasteiger partial charge in [-0.15, -0.1) is 0 Å². The summed E-state index contributed by atoms with van der Waals surface area (Å²) in [5.41, 5.74) is 0.748. The van der Waals surface area contributed by atoms with E-state index in [1.54, 1.807) is 25.9 Å². The quantitative estimate of drug-likeness (QED) is 0.567. The Morgan fingerprint density at radius 3 is 2.60 bits per heavy atom. The molecule has 168 valence electrons. The van der Waals surface area contributed by atoms with Crippen molar-refractivity contribution in [3.63, 3.8) is 0 Å². The van der Waals surface area contributed by atoms with E-state index < -0.39 is 24.2 Å². The largest absolute Gasteiger partial charge is 0.449 e. The van der Waals surface area contributed by atoms with Gasteiger partial charge in [0.2, 0.25) is 5.91 Å². The number of methoxy groups -OCH3 is 1. The van der Waals surface area contributed by atoms with Crippen molar-refractivity contribution in [2.45, 2.75) is 70.7 Å². The fourth-order valence-corrected chi connectivity index (χ4v) is 3.96. The number of carbonyl (C=O) groups excluding carboxylic acids is 2. The van der Waals surface area contributed by atoms with Gasteiger partial charge in [0, 0.05) is 13.7 Å². The van der Waals surface area contributed by atoms with Crippen LogP contribution >= 0.6 is 0 Å². The predicted molar refractivity (Wildman–Crippen MR) is 115 cm³/mol. The molecule has 2 amide bonds. The van der Waals surface area contributed by atoms with Crippen LogP contribution in [0.25, 0.3) is 0 Å². The molecule has 0 radical (unpaired) electrons. The summed E-state index contributed by atoms with van der Waals surface area (Å²) in [7, 11) is 1.57. The fourth-order valence-electron chi connectivity index (χ4n) is 3.96. The summed E-state index contributed by atoms with van der Waals surface area (Å²) >= 11 is 0. The first kappa shape index (κ1) is 24.2. The van der Waals surface area contributed by atoms with Crippen molar-refractivity contribution in [2.75, 3.05) is 20.3 Å². The third-order valence-corrected chi connectivity index (χ3v) is 5.80. The van der Waals surface area contributed by atoms with E-state index in [1.807, 2.05) is 37.3 Å². The summed E-state index contributed by atoms with van der Waals surface area (Å²) in [5, 5.41) is 13.4. The first-order chi connectivity index (χ1) is 14.4. The van der Waals surface area contributed by atoms with E-state index in [1.165, 1.54) is 0 Å². The van der Waals surface area contributed by atoms with Crippen LogP contribution in [-0.2, 0) is 14.3 Å². The molecule has 1 aliphatic rings. The van der Waals surface area contributed by atoms with Gasteiger partial charge in [0.1, 0.15) is 0 Å². The molecule has 1 heterocycles. The van der Waals surface area contributed by atoms with Crippen LogP contribution in [0.5, 0.6) is 0 Å². The number of likely N-dealkylation sites (tertiary alicyclic amines) is 1. The zero-order chi connectivity index (χ0) is 22.1. The number of aliphatic hydroxyl groups is 1. The molecule has 5 atom stereocenters. The lowest BCUT2D eigenvalue weighted by Crippen LogP contribution is -2.51. The van der Waals surface area contributed by atoms with E-state index in [2.05, 4.69) is 5.32 Å². The SMILES string of the molecule is CCCCOC(=O)N1CCC[C@H]1[C@H](OC)[C@@H](C)C(=O)N[C@H](C)[C@@H](O)c1ccccc1. The lowest BCUT2D eigenvalue weighted by Gasteiger charge is -2.34. The average molecular weight is 421 g/mol. The van der Waals surface area contributed by atoms with Crippen LogP contribution in [0, 0.1) is 5.92 Å². The minimum absolute atomic E-state index is 0.209. The Balaban J connectivity index is 1.99. The van der Waals surface area contributed by atoms with Crippen molar-refractivity contribution in [3.05, 3.63) is 35.9 Å². The van der Waals surface area contributed by atoms with Crippen LogP contribution in [0.4, 0.5) is 4.79 Å². The molecule has 1 aliphatic heterocycles. The van der Waals surface area contributed by atoms with E-state index in [4.69, 9.17) is 9.47 Å². The van der Waals surface area contributed by atoms with Gasteiger partial charge < -0.3 is 24.8 Å². The van der Waals surface area contributed by atoms with Crippen molar-refractivity contribution in [1.82, 2.24) is 10.2 Å². The highest BCUT2D eigenvalue weighted by Crippen LogP contribution is 2.27. The lowest BCUT2D eigenvalue weighted by atomic mass is 9.94. The molecule has 1 fully saturated rings. The van der Waals surface area contributed by atoms with Gasteiger partial charge in [0.25, 0.3) is 0 Å². The summed E-state index contributed by atoms with van der Waals surface area (Å²) in [5.74, 6) is -0.704. The minimum Gasteiger partial charge on any atom is -0.449 e. The topological polar surface area (TPSA) is 88.1 Å². The number of benzene rings is 1. The molecule has 2 rings (SSSR count). The zero-order valence-corrected chi connectivity index (χ0v) is 18.5. The van der Waals surface area contributed by atoms with Crippen molar-refractivity contribution in [3.8, 4) is 0 Å². The molecule has 1 aromatic rings. The Hall–Kier alpha value is -2.12. The van der Waals surface area contributed by atoms with Gasteiger partial charge >= 0.3 is 6.09 Å². The van der Waals surface area contributed by atoms with E-state index in [0.29, 0.717) is 13.2 Å². The number of nitrogens with zero attached hydrogens (tertiary/aromatic N) is 1. The van der Waals surface area contributed by atoms with Crippen LogP contribution in [0.3, 0.4) is 0 Å². The highest BCUT2D eigenvalue weighted by atomic mass is 16.6. The number of nitrogens with one attached hydrogen (secondary N) is 1. The van der Waals surface area contributed by atoms with Crippen molar-refractivity contribution >= 4 is 12.0 Å². The Bertz CT molecular complexity index is 669. The van der Waals surface area contributed by atoms with Crippen molar-refractivity contribution in [1.29, 1.82) is 0 Å². The molecule has 7 heteroatoms. The second-order valence-electron chi connectivity index (χ2n) is 8.01. The van der Waals surface area contributed by atoms with E-state index >= 15 is 0 Å². The first-order valence-corrected chi connectivity index (χ1v) is 10.9. The van der Waals surface area contributed by atoms with Crippen molar-refractivity contribution < 1.29 is 24.2 Å². The third-order valence-electron chi connectivity index (χ3n) is 5.80. The number of hydrogen-bond donors (Lipinski definition) is 2. The molecule has 0 aromatic heterocycles. The van der Waals surface area contributed by atoms with Gasteiger partial charge in [0.05, 0.1) is 36.8 Å². The highest BCUT2D eigenvalue weighted by molar-refractivity contribution is 5.79. The van der Waals surface area contributed by atoms with Crippen LogP contribution in [0.2, 0.25) is 0 Å². The second kappa shape index (κ2) is 11.9. The summed E-state index contributed by atoms with van der Waals surface area (Å²) in [6.45, 7) is 6.62. The lowest BCUT2D eigenvalue weighted by molar-refractivity contribution is -0.132. The number of hydrogen-bond acceptors (Lipinski definition) is 5. The molecule has 0 bridgehead atoms. The summed E-state index contributed by atoms with van der Waals surface area (Å²) < 4.78 is 11.1. The number of ether oxygens (including phenoxy) is 2. The third kappa shape index (κ3) is 6.19. The maximum Gasteiger partial charge on any atom is 0.410 e. The Morgan fingerprint density at radius 2 is 1.97 bits per heavy atom. The van der Waals surface area contributed by atoms with Gasteiger partial charge in [-0.3, -0.25) is 4.79 Å². The monoisotopic (exact) mass is 420 g/mol. The van der Waals surface area contributed by atoms with E-state index in [-0.39, 0.29) is 18.0 Å². The van der Waals surface area contributed by atoms with Crippen LogP contribution in [0.15, 0.2) is 30.3 Å². The molecule has 1 saturated heterocycles. The Kier molecular flexibility index (Phi) is 9.59. The Morgan fingerprint density at radius 1 is 1.27 bits per heavy atom. The van der Waals surface area contributed by atoms with Gasteiger partial charge in [-0.25, -0.2) is 4.79 Å². The number of unbranched alkanes of at least 4 members (excludes halogenated alkanes) is 1. The first-order valence-electron chi connectivity index (χ1n) is 10.9. The number of amides is 2. The molecule has 0 spiro atoms. The van der Waals surface area contributed by atoms with E-state index in [9.17, 15) is 14.7 Å². The van der Waals surface area contributed by atoms with E-state index in [0.717, 1.165) is 31.2 Å². The fraction of sp³-hybridized carbons (Fsp3) is 0.652. The molecule has 1 aromatic carbocycles. The smallest absolute Gasteiger partial charge is 0.410 e. The summed E-state index contributed by atoms with van der Waals surface area (Å²) in [4.78, 5) is 27.1. The number of rotatable bonds is 10. The number of aliphatic hydroxyl groups excluding tert-OH is 1. The van der Waals surface area contributed by atoms with Gasteiger partial charge in [-0.05, 0) is 31.7 Å². The highest BCUT2D eigenvalue weighted by Gasteiger charge is 2.40. The molecule has 0 aliphatic carbocycles. The van der Waals surface area contributed by atoms with Gasteiger partial charge in [-0.2, -0.15) is 0 Å². The zero-order valence-electron chi connectivity index (χ0n) is 18.5. The summed E-state index contributed by atoms with van der Waals surface area (Å²) in [6.07, 6.45) is 1.81. The van der Waals surface area contributed by atoms with Crippen LogP contribution in [0.1, 0.15) is 58.1 Å². The average Bonchev–Trinajstić information content (AvgIpc) is 3.23. The maximum absolute atomic E-state index is 12.9. The second-order valence-corrected chi connectivity index (χ2v) is 8.01. The standard InChI is InChI=1S/C23H36N2O5/c1-5-6-15-30-23(28)25-14-10-13-19(25)21(29-4)16(2)22(27)24-17(3)20(26)18-11-8-7-9-12-18/h7-9,11-12,16-17,19-21,26H,5-6,10,13-15H2,1-4H3,(H,24,27)/t16-,17-,19+,20-,21-/m1/s1. The molecule has 30 heavy (non-hydrogen) atoms. The molecule has 0 saturated carbocycles. The normalized spacial score (nSPS) is 20.3. The molecule has 0 unspecified atom stereocenters. The molecular formula is C23H36N2O5.